The fourth-order valence-corrected chi connectivity index (χ4v) is 4.98. The second-order valence-corrected chi connectivity index (χ2v) is 9.03. The third-order valence-corrected chi connectivity index (χ3v) is 6.82. The fraction of sp³-hybridized carbons (Fsp3) is 0.231. The molecule has 10 nitrogen and oxygen atoms in total. The molecule has 0 saturated heterocycles. The number of nitrogens with one attached hydrogen (secondary N) is 1. The highest BCUT2D eigenvalue weighted by molar-refractivity contribution is 5.88. The van der Waals surface area contributed by atoms with E-state index < -0.39 is 0 Å². The fourth-order valence-electron chi connectivity index (χ4n) is 4.98. The number of fused-ring (bicyclic) bond motifs is 1. The van der Waals surface area contributed by atoms with Gasteiger partial charge in [0.15, 0.2) is 5.92 Å². The van der Waals surface area contributed by atoms with Crippen LogP contribution in [0.4, 0.5) is 0 Å². The van der Waals surface area contributed by atoms with Crippen molar-refractivity contribution in [1.82, 2.24) is 43.8 Å². The predicted molar refractivity (Wildman–Crippen MR) is 133 cm³/mol. The van der Waals surface area contributed by atoms with E-state index in [1.54, 1.807) is 12.4 Å². The van der Waals surface area contributed by atoms with Crippen molar-refractivity contribution in [2.45, 2.75) is 11.8 Å². The highest BCUT2D eigenvalue weighted by Gasteiger charge is 2.35. The van der Waals surface area contributed by atoms with E-state index in [9.17, 15) is 0 Å². The summed E-state index contributed by atoms with van der Waals surface area (Å²) in [6.45, 7) is 0. The van der Waals surface area contributed by atoms with E-state index in [0.29, 0.717) is 0 Å². The molecule has 0 bridgehead atoms. The summed E-state index contributed by atoms with van der Waals surface area (Å²) in [6, 6.07) is 8.29. The molecule has 1 N–H and O–H groups in total. The first-order chi connectivity index (χ1) is 17.5. The van der Waals surface area contributed by atoms with E-state index in [4.69, 9.17) is 15.2 Å². The van der Waals surface area contributed by atoms with Gasteiger partial charge in [0.2, 0.25) is 0 Å². The van der Waals surface area contributed by atoms with Gasteiger partial charge in [-0.05, 0) is 0 Å². The van der Waals surface area contributed by atoms with Crippen molar-refractivity contribution in [2.75, 3.05) is 0 Å². The number of H-pyrrole nitrogens is 1. The van der Waals surface area contributed by atoms with Crippen LogP contribution in [0.1, 0.15) is 46.5 Å². The minimum Gasteiger partial charge on any atom is -0.337 e. The molecule has 0 amide bonds. The number of nitrogens with zero attached hydrogens (tertiary/aromatic N) is 9. The number of imidazole rings is 4. The van der Waals surface area contributed by atoms with Gasteiger partial charge in [-0.1, -0.05) is 24.3 Å². The van der Waals surface area contributed by atoms with Crippen molar-refractivity contribution >= 4 is 10.8 Å². The van der Waals surface area contributed by atoms with Gasteiger partial charge in [-0.25, -0.2) is 24.5 Å². The highest BCUT2D eigenvalue weighted by Crippen LogP contribution is 2.37. The third kappa shape index (κ3) is 3.41. The lowest BCUT2D eigenvalue weighted by Crippen LogP contribution is -2.34. The van der Waals surface area contributed by atoms with Crippen LogP contribution in [0.15, 0.2) is 73.8 Å². The van der Waals surface area contributed by atoms with E-state index in [-0.39, 0.29) is 11.8 Å². The van der Waals surface area contributed by atoms with Crippen LogP contribution in [-0.4, -0.2) is 43.8 Å². The normalized spacial score (nSPS) is 12.6. The molecule has 5 heterocycles. The number of rotatable bonds is 6. The van der Waals surface area contributed by atoms with Crippen LogP contribution in [-0.2, 0) is 28.2 Å². The van der Waals surface area contributed by atoms with Gasteiger partial charge in [-0.15, -0.1) is 0 Å². The Balaban J connectivity index is 1.63. The number of hydrogen-bond acceptors (Lipinski definition) is 5. The molecule has 1 aromatic carbocycles. The van der Waals surface area contributed by atoms with Crippen LogP contribution in [0.5, 0.6) is 0 Å². The zero-order valence-electron chi connectivity index (χ0n) is 20.6. The zero-order chi connectivity index (χ0) is 24.8. The molecule has 0 fully saturated rings. The third-order valence-electron chi connectivity index (χ3n) is 6.82. The van der Waals surface area contributed by atoms with E-state index >= 15 is 0 Å². The molecule has 1 atom stereocenters. The summed E-state index contributed by atoms with van der Waals surface area (Å²) >= 11 is 0. The summed E-state index contributed by atoms with van der Waals surface area (Å²) in [6.07, 6.45) is 15.2. The molecular formula is C26H27N10+. The summed E-state index contributed by atoms with van der Waals surface area (Å²) in [4.78, 5) is 17.4. The number of hydrogen-bond donors (Lipinski definition) is 1. The quantitative estimate of drug-likeness (QED) is 0.370. The van der Waals surface area contributed by atoms with Gasteiger partial charge < -0.3 is 13.7 Å². The van der Waals surface area contributed by atoms with Crippen molar-refractivity contribution in [3.05, 3.63) is 109 Å². The lowest BCUT2D eigenvalue weighted by atomic mass is 9.93. The van der Waals surface area contributed by atoms with E-state index in [0.717, 1.165) is 45.5 Å². The lowest BCUT2D eigenvalue weighted by molar-refractivity contribution is -0.678. The SMILES string of the molecule is Cn1ccnc1C(c1nnc([C@H](c2nccn2C)c2[nH]cc[n+]2C)c2ccccc12)c1nccn1C. The summed E-state index contributed by atoms with van der Waals surface area (Å²) in [5, 5.41) is 11.8. The Hall–Kier alpha value is -4.60. The number of aryl methyl sites for hydroxylation is 4. The topological polar surface area (TPSA) is 98.9 Å². The Morgan fingerprint density at radius 2 is 1.19 bits per heavy atom. The van der Waals surface area contributed by atoms with Gasteiger partial charge in [0.25, 0.3) is 5.82 Å². The van der Waals surface area contributed by atoms with E-state index in [1.807, 2.05) is 91.2 Å². The molecule has 0 unspecified atom stereocenters. The van der Waals surface area contributed by atoms with Gasteiger partial charge in [0.1, 0.15) is 35.8 Å². The molecular weight excluding hydrogens is 452 g/mol. The van der Waals surface area contributed by atoms with Crippen molar-refractivity contribution in [2.24, 2.45) is 28.2 Å². The van der Waals surface area contributed by atoms with Gasteiger partial charge >= 0.3 is 0 Å². The van der Waals surface area contributed by atoms with Crippen LogP contribution in [0.2, 0.25) is 0 Å². The zero-order valence-corrected chi connectivity index (χ0v) is 20.6. The summed E-state index contributed by atoms with van der Waals surface area (Å²) in [5.74, 6) is 3.04. The van der Waals surface area contributed by atoms with Crippen LogP contribution in [0.3, 0.4) is 0 Å². The van der Waals surface area contributed by atoms with Crippen molar-refractivity contribution < 1.29 is 4.57 Å². The molecule has 0 aliphatic heterocycles. The first-order valence-corrected chi connectivity index (χ1v) is 11.7. The van der Waals surface area contributed by atoms with Gasteiger partial charge in [0, 0.05) is 69.1 Å². The van der Waals surface area contributed by atoms with Gasteiger partial charge in [-0.2, -0.15) is 10.2 Å². The monoisotopic (exact) mass is 479 g/mol. The average Bonchev–Trinajstić information content (AvgIpc) is 3.68. The molecule has 0 radical (unpaired) electrons. The summed E-state index contributed by atoms with van der Waals surface area (Å²) in [7, 11) is 8.00. The minimum absolute atomic E-state index is 0.240. The predicted octanol–water partition coefficient (Wildman–Crippen LogP) is 2.34. The molecule has 0 saturated carbocycles. The van der Waals surface area contributed by atoms with Crippen LogP contribution in [0.25, 0.3) is 10.8 Å². The smallest absolute Gasteiger partial charge is 0.271 e. The molecule has 180 valence electrons. The van der Waals surface area contributed by atoms with Crippen LogP contribution >= 0.6 is 0 Å². The molecule has 0 aliphatic carbocycles. The van der Waals surface area contributed by atoms with Gasteiger partial charge in [0.05, 0.1) is 18.4 Å². The largest absolute Gasteiger partial charge is 0.337 e. The van der Waals surface area contributed by atoms with E-state index in [2.05, 4.69) is 31.7 Å². The summed E-state index contributed by atoms with van der Waals surface area (Å²) in [5.41, 5.74) is 1.65. The Labute approximate surface area is 207 Å². The van der Waals surface area contributed by atoms with Crippen molar-refractivity contribution in [1.29, 1.82) is 0 Å². The maximum Gasteiger partial charge on any atom is 0.271 e. The molecule has 5 aromatic heterocycles. The van der Waals surface area contributed by atoms with Crippen molar-refractivity contribution in [3.8, 4) is 0 Å². The van der Waals surface area contributed by atoms with Crippen molar-refractivity contribution in [3.63, 3.8) is 0 Å². The molecule has 36 heavy (non-hydrogen) atoms. The maximum absolute atomic E-state index is 4.89. The van der Waals surface area contributed by atoms with Crippen LogP contribution < -0.4 is 4.57 Å². The molecule has 0 spiro atoms. The number of aromatic amines is 1. The second-order valence-electron chi connectivity index (χ2n) is 9.03. The number of benzene rings is 1. The Bertz CT molecular complexity index is 1460. The molecule has 10 heteroatoms. The molecule has 6 rings (SSSR count). The number of aromatic nitrogens is 10. The summed E-state index contributed by atoms with van der Waals surface area (Å²) < 4.78 is 8.12. The Morgan fingerprint density at radius 3 is 1.61 bits per heavy atom. The van der Waals surface area contributed by atoms with Crippen LogP contribution in [0, 0.1) is 0 Å². The maximum atomic E-state index is 4.89. The lowest BCUT2D eigenvalue weighted by Gasteiger charge is -2.20. The Kier molecular flexibility index (Phi) is 5.21. The van der Waals surface area contributed by atoms with Gasteiger partial charge in [-0.3, -0.25) is 0 Å². The standard InChI is InChI=1S/C26H26N10/c1-33-13-9-27-23(33)19(24-28-10-14-34(24)2)21-17-7-5-6-8-18(17)22(32-31-21)20(25-29-11-15-35(25)3)26-30-12-16-36(26)4/h5-16,19-20H,1-4H3/p+1. The molecule has 0 aliphatic rings. The molecule has 6 aromatic rings. The second kappa shape index (κ2) is 8.56. The minimum atomic E-state index is -0.287. The average molecular weight is 480 g/mol. The van der Waals surface area contributed by atoms with E-state index in [1.165, 1.54) is 0 Å². The highest BCUT2D eigenvalue weighted by atomic mass is 15.2. The Morgan fingerprint density at radius 1 is 0.722 bits per heavy atom. The first kappa shape index (κ1) is 21.9. The first-order valence-electron chi connectivity index (χ1n) is 11.7.